The minimum atomic E-state index is -0.0569. The van der Waals surface area contributed by atoms with Crippen LogP contribution >= 0.6 is 0 Å². The van der Waals surface area contributed by atoms with Crippen molar-refractivity contribution in [3.63, 3.8) is 0 Å². The molecule has 0 bridgehead atoms. The summed E-state index contributed by atoms with van der Waals surface area (Å²) in [4.78, 5) is 0. The molecular formula is C11H23NO. The highest BCUT2D eigenvalue weighted by molar-refractivity contribution is 4.87. The van der Waals surface area contributed by atoms with Gasteiger partial charge in [0.25, 0.3) is 0 Å². The normalized spacial score (nSPS) is 35.8. The summed E-state index contributed by atoms with van der Waals surface area (Å²) < 4.78 is 0. The molecule has 0 amide bonds. The maximum atomic E-state index is 8.92. The van der Waals surface area contributed by atoms with E-state index in [-0.39, 0.29) is 12.1 Å². The van der Waals surface area contributed by atoms with Gasteiger partial charge >= 0.3 is 0 Å². The number of nitrogens with two attached hydrogens (primary N) is 1. The summed E-state index contributed by atoms with van der Waals surface area (Å²) in [7, 11) is 0. The molecule has 1 aliphatic carbocycles. The smallest absolute Gasteiger partial charge is 0.0448 e. The van der Waals surface area contributed by atoms with Crippen molar-refractivity contribution in [2.24, 2.45) is 11.7 Å². The molecule has 0 spiro atoms. The maximum Gasteiger partial charge on any atom is 0.0448 e. The van der Waals surface area contributed by atoms with E-state index in [1.54, 1.807) is 0 Å². The zero-order chi connectivity index (χ0) is 9.73. The van der Waals surface area contributed by atoms with Gasteiger partial charge in [0.1, 0.15) is 0 Å². The van der Waals surface area contributed by atoms with Crippen LogP contribution in [-0.2, 0) is 0 Å². The molecule has 1 fully saturated rings. The first-order chi connectivity index (χ1) is 6.20. The fourth-order valence-electron chi connectivity index (χ4n) is 2.38. The molecule has 1 rings (SSSR count). The molecule has 2 atom stereocenters. The summed E-state index contributed by atoms with van der Waals surface area (Å²) in [5.41, 5.74) is 6.17. The Hall–Kier alpha value is -0.0800. The first-order valence-corrected chi connectivity index (χ1v) is 5.60. The van der Waals surface area contributed by atoms with Gasteiger partial charge in [-0.2, -0.15) is 0 Å². The summed E-state index contributed by atoms with van der Waals surface area (Å²) in [5, 5.41) is 8.92. The largest absolute Gasteiger partial charge is 0.396 e. The molecule has 0 aromatic carbocycles. The van der Waals surface area contributed by atoms with E-state index < -0.39 is 0 Å². The third kappa shape index (κ3) is 3.28. The first kappa shape index (κ1) is 11.0. The van der Waals surface area contributed by atoms with Gasteiger partial charge < -0.3 is 10.8 Å². The van der Waals surface area contributed by atoms with Crippen LogP contribution in [-0.4, -0.2) is 17.3 Å². The topological polar surface area (TPSA) is 46.2 Å². The van der Waals surface area contributed by atoms with E-state index in [1.165, 1.54) is 25.7 Å². The summed E-state index contributed by atoms with van der Waals surface area (Å²) in [6.07, 6.45) is 8.11. The number of aliphatic hydroxyl groups is 1. The quantitative estimate of drug-likeness (QED) is 0.661. The molecule has 0 heterocycles. The Kier molecular flexibility index (Phi) is 4.20. The fourth-order valence-corrected chi connectivity index (χ4v) is 2.38. The lowest BCUT2D eigenvalue weighted by Crippen LogP contribution is -2.40. The monoisotopic (exact) mass is 185 g/mol. The molecule has 0 aromatic rings. The van der Waals surface area contributed by atoms with Crippen molar-refractivity contribution in [2.75, 3.05) is 6.61 Å². The summed E-state index contributed by atoms with van der Waals surface area (Å²) in [6.45, 7) is 2.51. The van der Waals surface area contributed by atoms with Gasteiger partial charge in [0.15, 0.2) is 0 Å². The van der Waals surface area contributed by atoms with E-state index in [1.807, 2.05) is 0 Å². The van der Waals surface area contributed by atoms with Crippen molar-refractivity contribution < 1.29 is 5.11 Å². The van der Waals surface area contributed by atoms with Crippen molar-refractivity contribution in [1.82, 2.24) is 0 Å². The molecule has 0 saturated heterocycles. The minimum absolute atomic E-state index is 0.0569. The van der Waals surface area contributed by atoms with Crippen LogP contribution < -0.4 is 5.73 Å². The Morgan fingerprint density at radius 3 is 2.77 bits per heavy atom. The molecule has 3 N–H and O–H groups in total. The van der Waals surface area contributed by atoms with Crippen LogP contribution in [0, 0.1) is 5.92 Å². The van der Waals surface area contributed by atoms with E-state index >= 15 is 0 Å². The van der Waals surface area contributed by atoms with Crippen molar-refractivity contribution in [3.8, 4) is 0 Å². The Bertz CT molecular complexity index is 149. The van der Waals surface area contributed by atoms with Gasteiger partial charge in [-0.3, -0.25) is 0 Å². The molecule has 1 aliphatic rings. The molecule has 1 saturated carbocycles. The molecule has 0 radical (unpaired) electrons. The van der Waals surface area contributed by atoms with Crippen molar-refractivity contribution >= 4 is 0 Å². The zero-order valence-corrected chi connectivity index (χ0v) is 8.76. The Labute approximate surface area is 81.5 Å². The van der Waals surface area contributed by atoms with Gasteiger partial charge in [0.2, 0.25) is 0 Å². The van der Waals surface area contributed by atoms with Gasteiger partial charge in [-0.05, 0) is 31.6 Å². The van der Waals surface area contributed by atoms with Gasteiger partial charge in [-0.25, -0.2) is 0 Å². The fraction of sp³-hybridized carbons (Fsp3) is 1.00. The molecule has 78 valence electrons. The van der Waals surface area contributed by atoms with E-state index in [9.17, 15) is 0 Å². The Morgan fingerprint density at radius 2 is 2.15 bits per heavy atom. The molecule has 0 aromatic heterocycles. The lowest BCUT2D eigenvalue weighted by atomic mass is 9.87. The van der Waals surface area contributed by atoms with E-state index in [0.717, 1.165) is 25.2 Å². The van der Waals surface area contributed by atoms with Gasteiger partial charge in [0, 0.05) is 12.1 Å². The molecule has 2 nitrogen and oxygen atoms in total. The van der Waals surface area contributed by atoms with E-state index in [2.05, 4.69) is 6.92 Å². The number of hydrogen-bond acceptors (Lipinski definition) is 2. The van der Waals surface area contributed by atoms with Crippen molar-refractivity contribution in [3.05, 3.63) is 0 Å². The summed E-state index contributed by atoms with van der Waals surface area (Å²) >= 11 is 0. The average Bonchev–Trinajstić information content (AvgIpc) is 2.28. The highest BCUT2D eigenvalue weighted by Gasteiger charge is 2.27. The highest BCUT2D eigenvalue weighted by Crippen LogP contribution is 2.31. The number of aliphatic hydroxyl groups excluding tert-OH is 1. The summed E-state index contributed by atoms with van der Waals surface area (Å²) in [5.74, 6) is 0.879. The van der Waals surface area contributed by atoms with Crippen LogP contribution in [0.25, 0.3) is 0 Å². The molecule has 13 heavy (non-hydrogen) atoms. The minimum Gasteiger partial charge on any atom is -0.396 e. The van der Waals surface area contributed by atoms with Crippen molar-refractivity contribution in [1.29, 1.82) is 0 Å². The Morgan fingerprint density at radius 1 is 1.38 bits per heavy atom. The zero-order valence-electron chi connectivity index (χ0n) is 8.76. The third-order valence-corrected chi connectivity index (χ3v) is 3.52. The number of hydrogen-bond donors (Lipinski definition) is 2. The maximum absolute atomic E-state index is 8.92. The van der Waals surface area contributed by atoms with Crippen LogP contribution in [0.2, 0.25) is 0 Å². The van der Waals surface area contributed by atoms with Crippen LogP contribution in [0.3, 0.4) is 0 Å². The molecule has 2 unspecified atom stereocenters. The molecule has 2 heteroatoms. The second-order valence-electron chi connectivity index (χ2n) is 4.54. The standard InChI is InChI=1S/C11H23NO/c1-2-10-4-3-6-11(12,7-5-10)8-9-13/h10,13H,2-9,12H2,1H3. The SMILES string of the molecule is CCC1CCCC(N)(CCO)CC1. The Balaban J connectivity index is 2.42. The molecule has 0 aliphatic heterocycles. The lowest BCUT2D eigenvalue weighted by Gasteiger charge is -2.27. The highest BCUT2D eigenvalue weighted by atomic mass is 16.3. The van der Waals surface area contributed by atoms with Crippen LogP contribution in [0.4, 0.5) is 0 Å². The lowest BCUT2D eigenvalue weighted by molar-refractivity contribution is 0.223. The number of rotatable bonds is 3. The van der Waals surface area contributed by atoms with E-state index in [0.29, 0.717) is 0 Å². The predicted octanol–water partition coefficient (Wildman–Crippen LogP) is 2.06. The summed E-state index contributed by atoms with van der Waals surface area (Å²) in [6, 6.07) is 0. The van der Waals surface area contributed by atoms with Gasteiger partial charge in [0.05, 0.1) is 0 Å². The second-order valence-corrected chi connectivity index (χ2v) is 4.54. The average molecular weight is 185 g/mol. The third-order valence-electron chi connectivity index (χ3n) is 3.52. The van der Waals surface area contributed by atoms with Gasteiger partial charge in [-0.15, -0.1) is 0 Å². The van der Waals surface area contributed by atoms with Crippen molar-refractivity contribution in [2.45, 2.75) is 57.4 Å². The van der Waals surface area contributed by atoms with E-state index in [4.69, 9.17) is 10.8 Å². The van der Waals surface area contributed by atoms with Crippen LogP contribution in [0.5, 0.6) is 0 Å². The predicted molar refractivity (Wildman–Crippen MR) is 55.5 cm³/mol. The molecular weight excluding hydrogens is 162 g/mol. The van der Waals surface area contributed by atoms with Crippen LogP contribution in [0.1, 0.15) is 51.9 Å². The first-order valence-electron chi connectivity index (χ1n) is 5.60. The van der Waals surface area contributed by atoms with Gasteiger partial charge in [-0.1, -0.05) is 26.2 Å². The second kappa shape index (κ2) is 4.97. The van der Waals surface area contributed by atoms with Crippen LogP contribution in [0.15, 0.2) is 0 Å².